The summed E-state index contributed by atoms with van der Waals surface area (Å²) in [6, 6.07) is 3.22. The van der Waals surface area contributed by atoms with Crippen LogP contribution in [-0.4, -0.2) is 29.2 Å². The van der Waals surface area contributed by atoms with Crippen molar-refractivity contribution in [1.29, 1.82) is 0 Å². The third-order valence-corrected chi connectivity index (χ3v) is 5.14. The molecule has 2 aromatic heterocycles. The number of alkyl carbamates (subject to hydrolysis) is 1. The predicted molar refractivity (Wildman–Crippen MR) is 122 cm³/mol. The van der Waals surface area contributed by atoms with Crippen LogP contribution in [0.15, 0.2) is 33.0 Å². The topological polar surface area (TPSA) is 108 Å². The summed E-state index contributed by atoms with van der Waals surface area (Å²) in [5.74, 6) is -0.375. The standard InChI is InChI=1S/C23H26N2O6S/c1-6-7-14-8-15-19(29-11-16(21(15)27)17-12-32-13(2)25-17)9-18(14)30-20(26)10-24-22(28)31-23(3,4)5/h8-9,11-12H,6-7,10H2,1-5H3,(H,24,28). The Balaban J connectivity index is 1.85. The van der Waals surface area contributed by atoms with Crippen molar-refractivity contribution in [3.8, 4) is 17.0 Å². The minimum atomic E-state index is -0.711. The van der Waals surface area contributed by atoms with E-state index in [9.17, 15) is 14.4 Å². The zero-order valence-corrected chi connectivity index (χ0v) is 19.6. The molecule has 3 aromatic rings. The van der Waals surface area contributed by atoms with Crippen LogP contribution >= 0.6 is 11.3 Å². The van der Waals surface area contributed by atoms with E-state index in [0.717, 1.165) is 11.4 Å². The first-order valence-electron chi connectivity index (χ1n) is 10.3. The zero-order valence-electron chi connectivity index (χ0n) is 18.7. The van der Waals surface area contributed by atoms with Crippen LogP contribution in [0.2, 0.25) is 0 Å². The average molecular weight is 459 g/mol. The van der Waals surface area contributed by atoms with Crippen LogP contribution < -0.4 is 15.5 Å². The van der Waals surface area contributed by atoms with E-state index in [2.05, 4.69) is 10.3 Å². The molecule has 0 saturated carbocycles. The molecule has 0 radical (unpaired) electrons. The second-order valence-corrected chi connectivity index (χ2v) is 9.33. The van der Waals surface area contributed by atoms with Crippen molar-refractivity contribution in [3.05, 3.63) is 44.6 Å². The van der Waals surface area contributed by atoms with Gasteiger partial charge in [0.25, 0.3) is 0 Å². The fourth-order valence-electron chi connectivity index (χ4n) is 3.04. The van der Waals surface area contributed by atoms with E-state index in [1.54, 1.807) is 26.8 Å². The average Bonchev–Trinajstić information content (AvgIpc) is 3.12. The van der Waals surface area contributed by atoms with Crippen molar-refractivity contribution < 1.29 is 23.5 Å². The molecule has 1 amide bonds. The van der Waals surface area contributed by atoms with Gasteiger partial charge < -0.3 is 19.2 Å². The van der Waals surface area contributed by atoms with E-state index >= 15 is 0 Å². The summed E-state index contributed by atoms with van der Waals surface area (Å²) in [6.07, 6.45) is 2.03. The predicted octanol–water partition coefficient (Wildman–Crippen LogP) is 4.61. The summed E-state index contributed by atoms with van der Waals surface area (Å²) in [5.41, 5.74) is 1.09. The molecule has 2 heterocycles. The number of amides is 1. The maximum atomic E-state index is 13.1. The third-order valence-electron chi connectivity index (χ3n) is 4.37. The molecular weight excluding hydrogens is 432 g/mol. The highest BCUT2D eigenvalue weighted by molar-refractivity contribution is 7.09. The third kappa shape index (κ3) is 5.73. The Morgan fingerprint density at radius 2 is 2.00 bits per heavy atom. The zero-order chi connectivity index (χ0) is 23.5. The lowest BCUT2D eigenvalue weighted by molar-refractivity contribution is -0.133. The van der Waals surface area contributed by atoms with E-state index in [1.807, 2.05) is 19.2 Å². The molecule has 0 spiro atoms. The molecule has 0 aliphatic carbocycles. The highest BCUT2D eigenvalue weighted by Gasteiger charge is 2.19. The second kappa shape index (κ2) is 9.52. The molecule has 0 saturated heterocycles. The molecular formula is C23H26N2O6S. The Morgan fingerprint density at radius 3 is 2.62 bits per heavy atom. The summed E-state index contributed by atoms with van der Waals surface area (Å²) in [4.78, 5) is 41.5. The SMILES string of the molecule is CCCc1cc2c(=O)c(-c3csc(C)n3)coc2cc1OC(=O)CNC(=O)OC(C)(C)C. The maximum absolute atomic E-state index is 13.1. The monoisotopic (exact) mass is 458 g/mol. The van der Waals surface area contributed by atoms with Gasteiger partial charge in [-0.2, -0.15) is 0 Å². The maximum Gasteiger partial charge on any atom is 0.408 e. The number of ether oxygens (including phenoxy) is 2. The lowest BCUT2D eigenvalue weighted by Gasteiger charge is -2.19. The summed E-state index contributed by atoms with van der Waals surface area (Å²) in [7, 11) is 0. The molecule has 1 N–H and O–H groups in total. The number of nitrogens with one attached hydrogen (secondary N) is 1. The number of hydrogen-bond donors (Lipinski definition) is 1. The van der Waals surface area contributed by atoms with Crippen molar-refractivity contribution in [2.24, 2.45) is 0 Å². The Hall–Kier alpha value is -3.20. The second-order valence-electron chi connectivity index (χ2n) is 8.27. The van der Waals surface area contributed by atoms with Crippen molar-refractivity contribution in [2.45, 2.75) is 53.1 Å². The normalized spacial score (nSPS) is 11.4. The molecule has 170 valence electrons. The number of fused-ring (bicyclic) bond motifs is 1. The number of benzene rings is 1. The van der Waals surface area contributed by atoms with Crippen molar-refractivity contribution in [2.75, 3.05) is 6.54 Å². The molecule has 8 nitrogen and oxygen atoms in total. The molecule has 0 bridgehead atoms. The molecule has 1 aromatic carbocycles. The summed E-state index contributed by atoms with van der Waals surface area (Å²) < 4.78 is 16.3. The first kappa shape index (κ1) is 23.5. The number of nitrogens with zero attached hydrogens (tertiary/aromatic N) is 1. The molecule has 32 heavy (non-hydrogen) atoms. The van der Waals surface area contributed by atoms with Crippen LogP contribution in [0, 0.1) is 6.92 Å². The largest absolute Gasteiger partial charge is 0.463 e. The number of aromatic nitrogens is 1. The van der Waals surface area contributed by atoms with E-state index in [-0.39, 0.29) is 17.7 Å². The smallest absolute Gasteiger partial charge is 0.408 e. The summed E-state index contributed by atoms with van der Waals surface area (Å²) >= 11 is 1.46. The van der Waals surface area contributed by atoms with E-state index in [4.69, 9.17) is 13.9 Å². The molecule has 3 rings (SSSR count). The summed E-state index contributed by atoms with van der Waals surface area (Å²) in [5, 5.41) is 5.43. The van der Waals surface area contributed by atoms with Crippen LogP contribution in [0.1, 0.15) is 44.7 Å². The van der Waals surface area contributed by atoms with Gasteiger partial charge in [0, 0.05) is 11.4 Å². The Kier molecular flexibility index (Phi) is 6.98. The van der Waals surface area contributed by atoms with E-state index < -0.39 is 17.7 Å². The lowest BCUT2D eigenvalue weighted by atomic mass is 10.0. The van der Waals surface area contributed by atoms with Gasteiger partial charge in [0.15, 0.2) is 0 Å². The number of aryl methyl sites for hydroxylation is 2. The van der Waals surface area contributed by atoms with Crippen LogP contribution in [0.25, 0.3) is 22.2 Å². The van der Waals surface area contributed by atoms with Crippen LogP contribution in [0.4, 0.5) is 4.79 Å². The number of rotatable bonds is 6. The fraction of sp³-hybridized carbons (Fsp3) is 0.391. The number of esters is 1. The van der Waals surface area contributed by atoms with Gasteiger partial charge in [0.2, 0.25) is 5.43 Å². The van der Waals surface area contributed by atoms with Crippen LogP contribution in [0.3, 0.4) is 0 Å². The molecule has 9 heteroatoms. The highest BCUT2D eigenvalue weighted by Crippen LogP contribution is 2.28. The van der Waals surface area contributed by atoms with Crippen LogP contribution in [0.5, 0.6) is 5.75 Å². The van der Waals surface area contributed by atoms with Crippen molar-refractivity contribution in [3.63, 3.8) is 0 Å². The number of thiazole rings is 1. The van der Waals surface area contributed by atoms with Crippen molar-refractivity contribution in [1.82, 2.24) is 10.3 Å². The van der Waals surface area contributed by atoms with Gasteiger partial charge in [0.05, 0.1) is 21.7 Å². The first-order valence-corrected chi connectivity index (χ1v) is 11.1. The van der Waals surface area contributed by atoms with Gasteiger partial charge in [-0.3, -0.25) is 4.79 Å². The fourth-order valence-corrected chi connectivity index (χ4v) is 3.66. The number of hydrogen-bond acceptors (Lipinski definition) is 8. The minimum absolute atomic E-state index is 0.196. The Labute approximate surface area is 189 Å². The van der Waals surface area contributed by atoms with E-state index in [1.165, 1.54) is 23.7 Å². The first-order chi connectivity index (χ1) is 15.1. The minimum Gasteiger partial charge on any atom is -0.463 e. The van der Waals surface area contributed by atoms with Crippen LogP contribution in [-0.2, 0) is 16.0 Å². The van der Waals surface area contributed by atoms with Gasteiger partial charge in [-0.25, -0.2) is 14.6 Å². The summed E-state index contributed by atoms with van der Waals surface area (Å²) in [6.45, 7) is 8.68. The highest BCUT2D eigenvalue weighted by atomic mass is 32.1. The van der Waals surface area contributed by atoms with Gasteiger partial charge in [0.1, 0.15) is 29.7 Å². The molecule has 0 aliphatic rings. The van der Waals surface area contributed by atoms with Gasteiger partial charge >= 0.3 is 12.1 Å². The quantitative estimate of drug-likeness (QED) is 0.424. The Morgan fingerprint density at radius 1 is 1.25 bits per heavy atom. The van der Waals surface area contributed by atoms with Gasteiger partial charge in [-0.15, -0.1) is 11.3 Å². The number of carbonyl (C=O) groups excluding carboxylic acids is 2. The molecule has 0 aliphatic heterocycles. The lowest BCUT2D eigenvalue weighted by Crippen LogP contribution is -2.36. The van der Waals surface area contributed by atoms with Gasteiger partial charge in [-0.1, -0.05) is 13.3 Å². The van der Waals surface area contributed by atoms with Crippen molar-refractivity contribution >= 4 is 34.4 Å². The Bertz CT molecular complexity index is 1210. The van der Waals surface area contributed by atoms with E-state index in [0.29, 0.717) is 34.2 Å². The number of carbonyl (C=O) groups is 2. The molecule has 0 unspecified atom stereocenters. The van der Waals surface area contributed by atoms with Gasteiger partial charge in [-0.05, 0) is 45.7 Å². The molecule has 0 fully saturated rings. The molecule has 0 atom stereocenters.